The zero-order valence-electron chi connectivity index (χ0n) is 16.9. The Balaban J connectivity index is 1.82. The van der Waals surface area contributed by atoms with Crippen molar-refractivity contribution in [2.45, 2.75) is 22.8 Å². The van der Waals surface area contributed by atoms with Crippen molar-refractivity contribution in [3.63, 3.8) is 0 Å². The lowest BCUT2D eigenvalue weighted by atomic mass is 10.2. The van der Waals surface area contributed by atoms with Gasteiger partial charge in [-0.1, -0.05) is 18.2 Å². The molecule has 2 aromatic carbocycles. The quantitative estimate of drug-likeness (QED) is 0.273. The molecule has 0 atom stereocenters. The first kappa shape index (κ1) is 23.2. The van der Waals surface area contributed by atoms with Gasteiger partial charge in [0.15, 0.2) is 5.96 Å². The second kappa shape index (κ2) is 11.2. The van der Waals surface area contributed by atoms with Gasteiger partial charge in [0, 0.05) is 39.1 Å². The van der Waals surface area contributed by atoms with Crippen molar-refractivity contribution in [3.8, 4) is 0 Å². The summed E-state index contributed by atoms with van der Waals surface area (Å²) >= 11 is 1.67. The van der Waals surface area contributed by atoms with Crippen molar-refractivity contribution in [1.29, 1.82) is 0 Å². The minimum absolute atomic E-state index is 0.231. The van der Waals surface area contributed by atoms with Crippen LogP contribution in [0.3, 0.4) is 0 Å². The number of nitrogens with one attached hydrogen (secondary N) is 2. The molecule has 2 rings (SSSR count). The number of hydrogen-bond acceptors (Lipinski definition) is 4. The first-order chi connectivity index (χ1) is 13.8. The van der Waals surface area contributed by atoms with Gasteiger partial charge in [-0.15, -0.1) is 11.8 Å². The standard InChI is InChI=1S/C20H27FN4O2S2/c1-22-20(23-13-6-14-28-18-11-9-17(21)10-12-18)24-15-16-7-4-5-8-19(16)29(26,27)25(2)3/h4-5,7-12H,6,13-15H2,1-3H3,(H2,22,23,24). The molecule has 0 unspecified atom stereocenters. The fourth-order valence-electron chi connectivity index (χ4n) is 2.50. The van der Waals surface area contributed by atoms with Crippen LogP contribution in [0, 0.1) is 5.82 Å². The number of aliphatic imine (C=N–C) groups is 1. The van der Waals surface area contributed by atoms with E-state index >= 15 is 0 Å². The lowest BCUT2D eigenvalue weighted by Crippen LogP contribution is -2.37. The lowest BCUT2D eigenvalue weighted by Gasteiger charge is -2.17. The van der Waals surface area contributed by atoms with Crippen LogP contribution in [0.2, 0.25) is 0 Å². The summed E-state index contributed by atoms with van der Waals surface area (Å²) in [5.41, 5.74) is 0.677. The molecule has 0 spiro atoms. The van der Waals surface area contributed by atoms with Crippen LogP contribution in [0.4, 0.5) is 4.39 Å². The van der Waals surface area contributed by atoms with Crippen LogP contribution in [-0.2, 0) is 16.6 Å². The number of guanidine groups is 1. The van der Waals surface area contributed by atoms with Gasteiger partial charge in [-0.2, -0.15) is 0 Å². The van der Waals surface area contributed by atoms with Crippen molar-refractivity contribution < 1.29 is 12.8 Å². The van der Waals surface area contributed by atoms with Gasteiger partial charge in [-0.25, -0.2) is 17.1 Å². The molecule has 9 heteroatoms. The topological polar surface area (TPSA) is 73.8 Å². The predicted molar refractivity (Wildman–Crippen MR) is 117 cm³/mol. The molecular formula is C20H27FN4O2S2. The second-order valence-corrected chi connectivity index (χ2v) is 9.69. The van der Waals surface area contributed by atoms with Crippen LogP contribution in [0.15, 0.2) is 63.3 Å². The number of rotatable bonds is 9. The molecule has 6 nitrogen and oxygen atoms in total. The van der Waals surface area contributed by atoms with E-state index in [1.807, 2.05) is 6.07 Å². The molecule has 29 heavy (non-hydrogen) atoms. The largest absolute Gasteiger partial charge is 0.356 e. The molecule has 0 radical (unpaired) electrons. The first-order valence-corrected chi connectivity index (χ1v) is 11.6. The highest BCUT2D eigenvalue weighted by molar-refractivity contribution is 7.99. The zero-order valence-corrected chi connectivity index (χ0v) is 18.5. The summed E-state index contributed by atoms with van der Waals surface area (Å²) in [5, 5.41) is 6.38. The molecule has 0 aliphatic carbocycles. The molecule has 0 saturated carbocycles. The normalized spacial score (nSPS) is 12.2. The highest BCUT2D eigenvalue weighted by Crippen LogP contribution is 2.19. The molecule has 0 aliphatic rings. The molecule has 0 fully saturated rings. The van der Waals surface area contributed by atoms with E-state index in [9.17, 15) is 12.8 Å². The van der Waals surface area contributed by atoms with Gasteiger partial charge in [-0.3, -0.25) is 4.99 Å². The van der Waals surface area contributed by atoms with Gasteiger partial charge in [0.05, 0.1) is 4.90 Å². The molecular weight excluding hydrogens is 411 g/mol. The van der Waals surface area contributed by atoms with Crippen molar-refractivity contribution in [3.05, 3.63) is 59.9 Å². The van der Waals surface area contributed by atoms with E-state index in [2.05, 4.69) is 15.6 Å². The maximum atomic E-state index is 12.9. The van der Waals surface area contributed by atoms with E-state index in [-0.39, 0.29) is 10.7 Å². The van der Waals surface area contributed by atoms with E-state index in [0.29, 0.717) is 24.6 Å². The smallest absolute Gasteiger partial charge is 0.242 e. The number of thioether (sulfide) groups is 1. The van der Waals surface area contributed by atoms with E-state index < -0.39 is 10.0 Å². The minimum Gasteiger partial charge on any atom is -0.356 e. The average molecular weight is 439 g/mol. The Labute approximate surface area is 176 Å². The molecule has 0 bridgehead atoms. The number of nitrogens with zero attached hydrogens (tertiary/aromatic N) is 2. The first-order valence-electron chi connectivity index (χ1n) is 9.18. The van der Waals surface area contributed by atoms with Crippen LogP contribution in [0.5, 0.6) is 0 Å². The second-order valence-electron chi connectivity index (χ2n) is 6.40. The van der Waals surface area contributed by atoms with E-state index in [1.54, 1.807) is 49.1 Å². The lowest BCUT2D eigenvalue weighted by molar-refractivity contribution is 0.519. The minimum atomic E-state index is -3.51. The molecule has 2 aromatic rings. The summed E-state index contributed by atoms with van der Waals surface area (Å²) in [6.07, 6.45) is 0.897. The summed E-state index contributed by atoms with van der Waals surface area (Å²) in [7, 11) is 1.20. The predicted octanol–water partition coefficient (Wildman–Crippen LogP) is 2.92. The molecule has 0 amide bonds. The van der Waals surface area contributed by atoms with Crippen LogP contribution >= 0.6 is 11.8 Å². The fourth-order valence-corrected chi connectivity index (χ4v) is 4.47. The Kier molecular flexibility index (Phi) is 8.94. The summed E-state index contributed by atoms with van der Waals surface area (Å²) < 4.78 is 39.1. The monoisotopic (exact) mass is 438 g/mol. The van der Waals surface area contributed by atoms with Crippen LogP contribution in [0.25, 0.3) is 0 Å². The Bertz CT molecular complexity index is 916. The maximum absolute atomic E-state index is 12.9. The average Bonchev–Trinajstić information content (AvgIpc) is 2.71. The summed E-state index contributed by atoms with van der Waals surface area (Å²) in [6.45, 7) is 1.05. The Hall–Kier alpha value is -2.10. The van der Waals surface area contributed by atoms with Gasteiger partial charge < -0.3 is 10.6 Å². The van der Waals surface area contributed by atoms with Crippen LogP contribution < -0.4 is 10.6 Å². The molecule has 2 N–H and O–H groups in total. The highest BCUT2D eigenvalue weighted by atomic mass is 32.2. The molecule has 0 saturated heterocycles. The molecule has 158 valence electrons. The summed E-state index contributed by atoms with van der Waals surface area (Å²) in [4.78, 5) is 5.50. The molecule has 0 heterocycles. The van der Waals surface area contributed by atoms with Crippen LogP contribution in [-0.4, -0.2) is 52.1 Å². The Morgan fingerprint density at radius 2 is 1.79 bits per heavy atom. The van der Waals surface area contributed by atoms with Crippen molar-refractivity contribution in [2.24, 2.45) is 4.99 Å². The van der Waals surface area contributed by atoms with Gasteiger partial charge in [0.1, 0.15) is 5.82 Å². The van der Waals surface area contributed by atoms with Gasteiger partial charge in [0.2, 0.25) is 10.0 Å². The number of halogens is 1. The number of benzene rings is 2. The Morgan fingerprint density at radius 1 is 1.10 bits per heavy atom. The number of hydrogen-bond donors (Lipinski definition) is 2. The fraction of sp³-hybridized carbons (Fsp3) is 0.350. The van der Waals surface area contributed by atoms with E-state index in [0.717, 1.165) is 17.1 Å². The van der Waals surface area contributed by atoms with Crippen molar-refractivity contribution in [2.75, 3.05) is 33.4 Å². The maximum Gasteiger partial charge on any atom is 0.242 e. The third-order valence-electron chi connectivity index (χ3n) is 4.10. The highest BCUT2D eigenvalue weighted by Gasteiger charge is 2.20. The van der Waals surface area contributed by atoms with E-state index in [1.165, 1.54) is 30.5 Å². The van der Waals surface area contributed by atoms with Gasteiger partial charge >= 0.3 is 0 Å². The molecule has 0 aliphatic heterocycles. The van der Waals surface area contributed by atoms with Gasteiger partial charge in [-0.05, 0) is 48.1 Å². The van der Waals surface area contributed by atoms with Crippen molar-refractivity contribution in [1.82, 2.24) is 14.9 Å². The summed E-state index contributed by atoms with van der Waals surface area (Å²) in [5.74, 6) is 1.26. The number of sulfonamides is 1. The summed E-state index contributed by atoms with van der Waals surface area (Å²) in [6, 6.07) is 13.4. The van der Waals surface area contributed by atoms with Crippen LogP contribution in [0.1, 0.15) is 12.0 Å². The Morgan fingerprint density at radius 3 is 2.45 bits per heavy atom. The van der Waals surface area contributed by atoms with E-state index in [4.69, 9.17) is 0 Å². The third kappa shape index (κ3) is 7.02. The zero-order chi connectivity index (χ0) is 21.3. The third-order valence-corrected chi connectivity index (χ3v) is 7.11. The van der Waals surface area contributed by atoms with Gasteiger partial charge in [0.25, 0.3) is 0 Å². The molecule has 0 aromatic heterocycles. The van der Waals surface area contributed by atoms with Crippen molar-refractivity contribution >= 4 is 27.7 Å². The SMILES string of the molecule is CN=C(NCCCSc1ccc(F)cc1)NCc1ccccc1S(=O)(=O)N(C)C.